The van der Waals surface area contributed by atoms with Crippen molar-refractivity contribution < 1.29 is 9.47 Å². The van der Waals surface area contributed by atoms with E-state index in [1.54, 1.807) is 7.11 Å². The molecular formula is C15H26N2O2. The number of methoxy groups -OCH3 is 1. The quantitative estimate of drug-likeness (QED) is 0.696. The summed E-state index contributed by atoms with van der Waals surface area (Å²) in [6, 6.07) is 6.41. The molecule has 1 N–H and O–H groups in total. The third kappa shape index (κ3) is 5.94. The van der Waals surface area contributed by atoms with E-state index in [4.69, 9.17) is 9.47 Å². The third-order valence-electron chi connectivity index (χ3n) is 2.90. The summed E-state index contributed by atoms with van der Waals surface area (Å²) in [5.74, 6) is 0. The van der Waals surface area contributed by atoms with Gasteiger partial charge in [0, 0.05) is 52.3 Å². The van der Waals surface area contributed by atoms with Crippen LogP contribution in [0.2, 0.25) is 0 Å². The van der Waals surface area contributed by atoms with E-state index in [9.17, 15) is 0 Å². The van der Waals surface area contributed by atoms with Gasteiger partial charge in [-0.25, -0.2) is 0 Å². The number of rotatable bonds is 9. The predicted octanol–water partition coefficient (Wildman–Crippen LogP) is 2.53. The lowest BCUT2D eigenvalue weighted by atomic mass is 10.1. The summed E-state index contributed by atoms with van der Waals surface area (Å²) in [5, 5.41) is 3.38. The number of aryl methyl sites for hydroxylation is 1. The molecule has 4 nitrogen and oxygen atoms in total. The average Bonchev–Trinajstić information content (AvgIpc) is 2.39. The number of anilines is 2. The van der Waals surface area contributed by atoms with Crippen molar-refractivity contribution in [3.8, 4) is 0 Å². The molecule has 108 valence electrons. The Hall–Kier alpha value is -1.26. The number of hydrogen-bond acceptors (Lipinski definition) is 4. The zero-order valence-corrected chi connectivity index (χ0v) is 12.5. The second-order valence-corrected chi connectivity index (χ2v) is 4.78. The first-order chi connectivity index (χ1) is 9.15. The second kappa shape index (κ2) is 8.77. The normalized spacial score (nSPS) is 10.5. The highest BCUT2D eigenvalue weighted by molar-refractivity contribution is 5.61. The minimum Gasteiger partial charge on any atom is -0.385 e. The number of benzene rings is 1. The van der Waals surface area contributed by atoms with Gasteiger partial charge in [-0.2, -0.15) is 0 Å². The van der Waals surface area contributed by atoms with Gasteiger partial charge < -0.3 is 19.7 Å². The first-order valence-electron chi connectivity index (χ1n) is 6.73. The van der Waals surface area contributed by atoms with Crippen molar-refractivity contribution in [1.82, 2.24) is 0 Å². The van der Waals surface area contributed by atoms with Crippen LogP contribution < -0.4 is 10.2 Å². The van der Waals surface area contributed by atoms with Crippen LogP contribution in [0.1, 0.15) is 12.0 Å². The molecule has 1 aromatic carbocycles. The van der Waals surface area contributed by atoms with Crippen LogP contribution in [-0.2, 0) is 9.47 Å². The summed E-state index contributed by atoms with van der Waals surface area (Å²) in [6.07, 6.45) is 0.950. The Morgan fingerprint density at radius 3 is 2.63 bits per heavy atom. The van der Waals surface area contributed by atoms with E-state index >= 15 is 0 Å². The lowest BCUT2D eigenvalue weighted by Crippen LogP contribution is -2.13. The predicted molar refractivity (Wildman–Crippen MR) is 81.3 cm³/mol. The SMILES string of the molecule is COCCCOCCNc1ccc(C)c(N(C)C)c1. The van der Waals surface area contributed by atoms with Crippen LogP contribution in [0.25, 0.3) is 0 Å². The Labute approximate surface area is 116 Å². The maximum atomic E-state index is 5.51. The molecular weight excluding hydrogens is 240 g/mol. The summed E-state index contributed by atoms with van der Waals surface area (Å²) < 4.78 is 10.5. The van der Waals surface area contributed by atoms with Crippen molar-refractivity contribution in [2.24, 2.45) is 0 Å². The maximum Gasteiger partial charge on any atom is 0.0639 e. The Morgan fingerprint density at radius 1 is 1.16 bits per heavy atom. The van der Waals surface area contributed by atoms with E-state index in [2.05, 4.69) is 49.4 Å². The molecule has 0 fully saturated rings. The van der Waals surface area contributed by atoms with E-state index in [0.29, 0.717) is 0 Å². The highest BCUT2D eigenvalue weighted by Gasteiger charge is 2.01. The lowest BCUT2D eigenvalue weighted by Gasteiger charge is -2.17. The highest BCUT2D eigenvalue weighted by atomic mass is 16.5. The Bertz CT molecular complexity index is 367. The molecule has 0 heterocycles. The molecule has 4 heteroatoms. The number of hydrogen-bond donors (Lipinski definition) is 1. The summed E-state index contributed by atoms with van der Waals surface area (Å²) in [5.41, 5.74) is 3.66. The van der Waals surface area contributed by atoms with Gasteiger partial charge >= 0.3 is 0 Å². The van der Waals surface area contributed by atoms with Gasteiger partial charge in [0.25, 0.3) is 0 Å². The highest BCUT2D eigenvalue weighted by Crippen LogP contribution is 2.22. The first kappa shape index (κ1) is 15.8. The molecule has 0 saturated heterocycles. The summed E-state index contributed by atoms with van der Waals surface area (Å²) >= 11 is 0. The molecule has 0 aliphatic carbocycles. The minimum absolute atomic E-state index is 0.717. The van der Waals surface area contributed by atoms with Crippen molar-refractivity contribution in [2.45, 2.75) is 13.3 Å². The zero-order chi connectivity index (χ0) is 14.1. The van der Waals surface area contributed by atoms with E-state index in [-0.39, 0.29) is 0 Å². The molecule has 1 aromatic rings. The van der Waals surface area contributed by atoms with Crippen LogP contribution in [0.3, 0.4) is 0 Å². The monoisotopic (exact) mass is 266 g/mol. The van der Waals surface area contributed by atoms with Gasteiger partial charge in [-0.05, 0) is 31.0 Å². The van der Waals surface area contributed by atoms with Crippen LogP contribution >= 0.6 is 0 Å². The smallest absolute Gasteiger partial charge is 0.0639 e. The number of ether oxygens (including phenoxy) is 2. The zero-order valence-electron chi connectivity index (χ0n) is 12.5. The lowest BCUT2D eigenvalue weighted by molar-refractivity contribution is 0.109. The van der Waals surface area contributed by atoms with Crippen LogP contribution in [0.15, 0.2) is 18.2 Å². The van der Waals surface area contributed by atoms with E-state index in [1.807, 2.05) is 0 Å². The van der Waals surface area contributed by atoms with Crippen molar-refractivity contribution in [1.29, 1.82) is 0 Å². The molecule has 19 heavy (non-hydrogen) atoms. The molecule has 0 aromatic heterocycles. The molecule has 0 aliphatic heterocycles. The maximum absolute atomic E-state index is 5.51. The molecule has 0 bridgehead atoms. The minimum atomic E-state index is 0.717. The van der Waals surface area contributed by atoms with Gasteiger partial charge in [0.2, 0.25) is 0 Å². The van der Waals surface area contributed by atoms with Crippen molar-refractivity contribution in [3.05, 3.63) is 23.8 Å². The molecule has 0 amide bonds. The van der Waals surface area contributed by atoms with Crippen LogP contribution in [0, 0.1) is 6.92 Å². The topological polar surface area (TPSA) is 33.7 Å². The van der Waals surface area contributed by atoms with Crippen LogP contribution in [0.5, 0.6) is 0 Å². The van der Waals surface area contributed by atoms with Gasteiger partial charge in [0.1, 0.15) is 0 Å². The van der Waals surface area contributed by atoms with Gasteiger partial charge in [0.05, 0.1) is 6.61 Å². The van der Waals surface area contributed by atoms with Crippen LogP contribution in [0.4, 0.5) is 11.4 Å². The third-order valence-corrected chi connectivity index (χ3v) is 2.90. The van der Waals surface area contributed by atoms with Gasteiger partial charge in [-0.15, -0.1) is 0 Å². The Morgan fingerprint density at radius 2 is 1.95 bits per heavy atom. The summed E-state index contributed by atoms with van der Waals surface area (Å²) in [4.78, 5) is 2.13. The number of nitrogens with one attached hydrogen (secondary N) is 1. The molecule has 0 atom stereocenters. The van der Waals surface area contributed by atoms with Crippen molar-refractivity contribution in [3.63, 3.8) is 0 Å². The largest absolute Gasteiger partial charge is 0.385 e. The Balaban J connectivity index is 2.28. The molecule has 0 unspecified atom stereocenters. The van der Waals surface area contributed by atoms with Gasteiger partial charge in [-0.1, -0.05) is 6.07 Å². The van der Waals surface area contributed by atoms with E-state index in [1.165, 1.54) is 11.3 Å². The average molecular weight is 266 g/mol. The van der Waals surface area contributed by atoms with Gasteiger partial charge in [-0.3, -0.25) is 0 Å². The van der Waals surface area contributed by atoms with E-state index in [0.717, 1.165) is 38.5 Å². The molecule has 0 radical (unpaired) electrons. The van der Waals surface area contributed by atoms with Gasteiger partial charge in [0.15, 0.2) is 0 Å². The number of nitrogens with zero attached hydrogens (tertiary/aromatic N) is 1. The summed E-state index contributed by atoms with van der Waals surface area (Å²) in [7, 11) is 5.83. The standard InChI is InChI=1S/C15H26N2O2/c1-13-6-7-14(12-15(13)17(2)3)16-8-11-19-10-5-9-18-4/h6-7,12,16H,5,8-11H2,1-4H3. The first-order valence-corrected chi connectivity index (χ1v) is 6.73. The van der Waals surface area contributed by atoms with E-state index < -0.39 is 0 Å². The Kier molecular flexibility index (Phi) is 7.30. The van der Waals surface area contributed by atoms with Crippen molar-refractivity contribution >= 4 is 11.4 Å². The van der Waals surface area contributed by atoms with Crippen LogP contribution in [-0.4, -0.2) is 47.6 Å². The fourth-order valence-electron chi connectivity index (χ4n) is 1.88. The van der Waals surface area contributed by atoms with Crippen molar-refractivity contribution in [2.75, 3.05) is 57.8 Å². The molecule has 0 spiro atoms. The second-order valence-electron chi connectivity index (χ2n) is 4.78. The molecule has 1 rings (SSSR count). The fourth-order valence-corrected chi connectivity index (χ4v) is 1.88. The molecule has 0 aliphatic rings. The molecule has 0 saturated carbocycles. The fraction of sp³-hybridized carbons (Fsp3) is 0.600. The summed E-state index contributed by atoms with van der Waals surface area (Å²) in [6.45, 7) is 5.18.